The van der Waals surface area contributed by atoms with Gasteiger partial charge in [-0.05, 0) is 18.4 Å². The quantitative estimate of drug-likeness (QED) is 0.333. The second-order valence-electron chi connectivity index (χ2n) is 3.49. The predicted molar refractivity (Wildman–Crippen MR) is 57.0 cm³/mol. The summed E-state index contributed by atoms with van der Waals surface area (Å²) in [5.41, 5.74) is 8.30. The van der Waals surface area contributed by atoms with Gasteiger partial charge in [0.25, 0.3) is 0 Å². The molecule has 0 spiro atoms. The molecule has 0 fully saturated rings. The topological polar surface area (TPSA) is 65.8 Å². The van der Waals surface area contributed by atoms with Gasteiger partial charge in [0.15, 0.2) is 0 Å². The van der Waals surface area contributed by atoms with Gasteiger partial charge >= 0.3 is 0 Å². The fraction of sp³-hybridized carbons (Fsp3) is 0.900. The average Bonchev–Trinajstić information content (AvgIpc) is 2.15. The van der Waals surface area contributed by atoms with E-state index >= 15 is 0 Å². The van der Waals surface area contributed by atoms with E-state index in [-0.39, 0.29) is 11.8 Å². The van der Waals surface area contributed by atoms with Crippen LogP contribution in [0.1, 0.15) is 52.4 Å². The second kappa shape index (κ2) is 8.57. The Labute approximate surface area is 85.3 Å². The van der Waals surface area contributed by atoms with Crippen LogP contribution < -0.4 is 0 Å². The molecule has 0 saturated carbocycles. The van der Waals surface area contributed by atoms with Gasteiger partial charge in [-0.3, -0.25) is 4.79 Å². The molecule has 0 radical (unpaired) electrons. The van der Waals surface area contributed by atoms with E-state index in [9.17, 15) is 4.79 Å². The molecule has 0 aromatic heterocycles. The molecular weight excluding hydrogens is 178 g/mol. The zero-order chi connectivity index (χ0) is 10.8. The lowest BCUT2D eigenvalue weighted by Crippen LogP contribution is -2.10. The highest BCUT2D eigenvalue weighted by Crippen LogP contribution is 2.10. The molecule has 0 aromatic carbocycles. The summed E-state index contributed by atoms with van der Waals surface area (Å²) in [5.74, 6) is 0.220. The highest BCUT2D eigenvalue weighted by molar-refractivity contribution is 5.78. The average molecular weight is 197 g/mol. The molecule has 0 aliphatic rings. The molecule has 1 atom stereocenters. The van der Waals surface area contributed by atoms with Crippen LogP contribution in [0, 0.1) is 0 Å². The van der Waals surface area contributed by atoms with E-state index in [1.165, 1.54) is 0 Å². The third kappa shape index (κ3) is 6.49. The first-order chi connectivity index (χ1) is 6.74. The Morgan fingerprint density at radius 1 is 1.43 bits per heavy atom. The third-order valence-corrected chi connectivity index (χ3v) is 2.11. The van der Waals surface area contributed by atoms with Crippen LogP contribution in [0.4, 0.5) is 0 Å². The van der Waals surface area contributed by atoms with Crippen molar-refractivity contribution in [1.29, 1.82) is 0 Å². The lowest BCUT2D eigenvalue weighted by atomic mass is 10.0. The van der Waals surface area contributed by atoms with Gasteiger partial charge in [-0.15, -0.1) is 0 Å². The zero-order valence-corrected chi connectivity index (χ0v) is 9.07. The minimum atomic E-state index is -0.130. The molecule has 4 nitrogen and oxygen atoms in total. The maximum absolute atomic E-state index is 11.4. The number of carbonyl (C=O) groups excluding carboxylic acids is 1. The van der Waals surface area contributed by atoms with Crippen molar-refractivity contribution in [2.24, 2.45) is 5.11 Å². The van der Waals surface area contributed by atoms with Crippen molar-refractivity contribution in [1.82, 2.24) is 0 Å². The summed E-state index contributed by atoms with van der Waals surface area (Å²) >= 11 is 0. The van der Waals surface area contributed by atoms with Crippen LogP contribution in [0.25, 0.3) is 10.4 Å². The molecular formula is C10H19N3O. The molecule has 0 N–H and O–H groups in total. The van der Waals surface area contributed by atoms with E-state index in [0.717, 1.165) is 25.7 Å². The Kier molecular flexibility index (Phi) is 7.95. The Balaban J connectivity index is 3.89. The normalized spacial score (nSPS) is 11.9. The van der Waals surface area contributed by atoms with Gasteiger partial charge in [-0.2, -0.15) is 0 Å². The number of Topliss-reactive ketones (excluding diaryl/α,β-unsaturated/α-hetero) is 1. The van der Waals surface area contributed by atoms with Crippen LogP contribution in [0.2, 0.25) is 0 Å². The van der Waals surface area contributed by atoms with Gasteiger partial charge in [-0.1, -0.05) is 31.8 Å². The maximum atomic E-state index is 11.4. The van der Waals surface area contributed by atoms with E-state index in [2.05, 4.69) is 16.9 Å². The molecule has 4 heteroatoms. The van der Waals surface area contributed by atoms with Crippen LogP contribution in [-0.4, -0.2) is 11.8 Å². The van der Waals surface area contributed by atoms with Gasteiger partial charge in [-0.25, -0.2) is 0 Å². The van der Waals surface area contributed by atoms with E-state index in [0.29, 0.717) is 12.8 Å². The van der Waals surface area contributed by atoms with E-state index in [1.54, 1.807) is 0 Å². The number of hydrogen-bond acceptors (Lipinski definition) is 2. The fourth-order valence-corrected chi connectivity index (χ4v) is 1.35. The van der Waals surface area contributed by atoms with Gasteiger partial charge in [0, 0.05) is 23.8 Å². The number of nitrogens with zero attached hydrogens (tertiary/aromatic N) is 3. The molecule has 14 heavy (non-hydrogen) atoms. The molecule has 0 bridgehead atoms. The summed E-state index contributed by atoms with van der Waals surface area (Å²) in [4.78, 5) is 14.1. The van der Waals surface area contributed by atoms with Crippen LogP contribution >= 0.6 is 0 Å². The highest BCUT2D eigenvalue weighted by atomic mass is 16.1. The number of azide groups is 1. The third-order valence-electron chi connectivity index (χ3n) is 2.11. The van der Waals surface area contributed by atoms with Crippen molar-refractivity contribution in [2.45, 2.75) is 58.4 Å². The minimum Gasteiger partial charge on any atom is -0.300 e. The lowest BCUT2D eigenvalue weighted by Gasteiger charge is -2.07. The molecule has 0 rings (SSSR count). The lowest BCUT2D eigenvalue weighted by molar-refractivity contribution is -0.119. The highest BCUT2D eigenvalue weighted by Gasteiger charge is 2.10. The largest absolute Gasteiger partial charge is 0.300 e. The van der Waals surface area contributed by atoms with Crippen LogP contribution in [0.15, 0.2) is 5.11 Å². The first-order valence-electron chi connectivity index (χ1n) is 5.30. The van der Waals surface area contributed by atoms with E-state index in [4.69, 9.17) is 5.53 Å². The maximum Gasteiger partial charge on any atom is 0.133 e. The Bertz CT molecular complexity index is 209. The number of carbonyl (C=O) groups is 1. The summed E-state index contributed by atoms with van der Waals surface area (Å²) in [6.45, 7) is 4.08. The zero-order valence-electron chi connectivity index (χ0n) is 9.07. The predicted octanol–water partition coefficient (Wildman–Crippen LogP) is 3.61. The first-order valence-corrected chi connectivity index (χ1v) is 5.30. The van der Waals surface area contributed by atoms with Crippen molar-refractivity contribution >= 4 is 5.78 Å². The van der Waals surface area contributed by atoms with Crippen molar-refractivity contribution in [3.05, 3.63) is 10.4 Å². The summed E-state index contributed by atoms with van der Waals surface area (Å²) in [7, 11) is 0. The molecule has 0 aliphatic carbocycles. The molecule has 0 amide bonds. The van der Waals surface area contributed by atoms with E-state index in [1.807, 2.05) is 6.92 Å². The number of unbranched alkanes of at least 4 members (excludes halogenated alkanes) is 1. The minimum absolute atomic E-state index is 0.130. The van der Waals surface area contributed by atoms with Gasteiger partial charge < -0.3 is 0 Å². The smallest absolute Gasteiger partial charge is 0.133 e. The van der Waals surface area contributed by atoms with Gasteiger partial charge in [0.1, 0.15) is 5.78 Å². The fourth-order valence-electron chi connectivity index (χ4n) is 1.35. The first kappa shape index (κ1) is 13.0. The summed E-state index contributed by atoms with van der Waals surface area (Å²) in [5, 5.41) is 3.62. The van der Waals surface area contributed by atoms with Crippen LogP contribution in [0.3, 0.4) is 0 Å². The van der Waals surface area contributed by atoms with Crippen LogP contribution in [0.5, 0.6) is 0 Å². The SMILES string of the molecule is CCCCC(=O)C[C@@H](CCC)N=[N+]=[N-]. The van der Waals surface area contributed by atoms with Crippen molar-refractivity contribution < 1.29 is 4.79 Å². The Morgan fingerprint density at radius 2 is 2.14 bits per heavy atom. The molecule has 80 valence electrons. The van der Waals surface area contributed by atoms with Gasteiger partial charge in [0.05, 0.1) is 0 Å². The van der Waals surface area contributed by atoms with Crippen molar-refractivity contribution in [3.63, 3.8) is 0 Å². The summed E-state index contributed by atoms with van der Waals surface area (Å²) in [6.07, 6.45) is 4.77. The number of rotatable bonds is 8. The molecule has 0 saturated heterocycles. The summed E-state index contributed by atoms with van der Waals surface area (Å²) < 4.78 is 0. The molecule has 0 aromatic rings. The molecule has 0 aliphatic heterocycles. The second-order valence-corrected chi connectivity index (χ2v) is 3.49. The van der Waals surface area contributed by atoms with Gasteiger partial charge in [0.2, 0.25) is 0 Å². The molecule has 0 unspecified atom stereocenters. The van der Waals surface area contributed by atoms with Crippen LogP contribution in [-0.2, 0) is 4.79 Å². The summed E-state index contributed by atoms with van der Waals surface area (Å²) in [6, 6.07) is -0.130. The number of hydrogen-bond donors (Lipinski definition) is 0. The van der Waals surface area contributed by atoms with Crippen molar-refractivity contribution in [2.75, 3.05) is 0 Å². The molecule has 0 heterocycles. The number of ketones is 1. The van der Waals surface area contributed by atoms with Crippen molar-refractivity contribution in [3.8, 4) is 0 Å². The Morgan fingerprint density at radius 3 is 2.64 bits per heavy atom. The standard InChI is InChI=1S/C10H19N3O/c1-3-5-7-10(14)8-9(6-4-2)12-13-11/h9H,3-8H2,1-2H3/t9-/m1/s1. The van der Waals surface area contributed by atoms with E-state index < -0.39 is 0 Å². The monoisotopic (exact) mass is 197 g/mol. The Hall–Kier alpha value is -1.02.